The number of carbonyl (C=O) groups is 1. The van der Waals surface area contributed by atoms with Crippen LogP contribution in [0.25, 0.3) is 0 Å². The summed E-state index contributed by atoms with van der Waals surface area (Å²) >= 11 is 0. The molecule has 1 atom stereocenters. The van der Waals surface area contributed by atoms with Gasteiger partial charge in [-0.3, -0.25) is 4.79 Å². The predicted octanol–water partition coefficient (Wildman–Crippen LogP) is 0.757. The van der Waals surface area contributed by atoms with Crippen molar-refractivity contribution in [3.63, 3.8) is 0 Å². The number of rotatable bonds is 0. The fraction of sp³-hybridized carbons (Fsp3) is 0.750. The van der Waals surface area contributed by atoms with Crippen LogP contribution in [-0.4, -0.2) is 11.9 Å². The lowest BCUT2D eigenvalue weighted by Gasteiger charge is -1.84. The summed E-state index contributed by atoms with van der Waals surface area (Å²) in [5.74, 6) is -0.0903. The van der Waals surface area contributed by atoms with E-state index in [1.54, 1.807) is 0 Å². The highest BCUT2D eigenvalue weighted by molar-refractivity contribution is 5.78. The molecular formula is C4H6N2O. The van der Waals surface area contributed by atoms with Crippen LogP contribution in [0.3, 0.4) is 0 Å². The largest absolute Gasteiger partial charge is 0.271 e. The third-order valence-corrected chi connectivity index (χ3v) is 0.836. The summed E-state index contributed by atoms with van der Waals surface area (Å²) in [4.78, 5) is 10.2. The van der Waals surface area contributed by atoms with Crippen LogP contribution < -0.4 is 0 Å². The molecule has 0 saturated carbocycles. The lowest BCUT2D eigenvalue weighted by atomic mass is 10.3. The van der Waals surface area contributed by atoms with Crippen LogP contribution in [0.2, 0.25) is 0 Å². The number of amides is 1. The zero-order valence-corrected chi connectivity index (χ0v) is 4.09. The van der Waals surface area contributed by atoms with Crippen LogP contribution in [0.1, 0.15) is 13.3 Å². The van der Waals surface area contributed by atoms with Crippen molar-refractivity contribution in [2.75, 3.05) is 0 Å². The van der Waals surface area contributed by atoms with Gasteiger partial charge in [0.2, 0.25) is 0 Å². The first-order valence-corrected chi connectivity index (χ1v) is 2.23. The van der Waals surface area contributed by atoms with Gasteiger partial charge in [0.25, 0.3) is 5.91 Å². The molecule has 0 fully saturated rings. The zero-order valence-electron chi connectivity index (χ0n) is 4.09. The Labute approximate surface area is 41.4 Å². The fourth-order valence-electron chi connectivity index (χ4n) is 0.497. The van der Waals surface area contributed by atoms with E-state index in [1.807, 2.05) is 6.92 Å². The molecule has 1 aliphatic heterocycles. The van der Waals surface area contributed by atoms with Gasteiger partial charge in [-0.1, -0.05) is 0 Å². The van der Waals surface area contributed by atoms with Crippen molar-refractivity contribution in [3.05, 3.63) is 0 Å². The molecule has 0 bridgehead atoms. The second-order valence-corrected chi connectivity index (χ2v) is 1.66. The molecular weight excluding hydrogens is 92.1 g/mol. The molecule has 0 aromatic carbocycles. The first-order chi connectivity index (χ1) is 3.29. The highest BCUT2D eigenvalue weighted by Crippen LogP contribution is 2.06. The monoisotopic (exact) mass is 98.0 g/mol. The van der Waals surface area contributed by atoms with Gasteiger partial charge in [0, 0.05) is 0 Å². The Bertz CT molecular complexity index is 119. The lowest BCUT2D eigenvalue weighted by molar-refractivity contribution is -0.117. The Balaban J connectivity index is 2.58. The number of carbonyl (C=O) groups excluding carboxylic acids is 1. The van der Waals surface area contributed by atoms with Crippen molar-refractivity contribution >= 4 is 5.91 Å². The molecule has 1 aliphatic rings. The lowest BCUT2D eigenvalue weighted by Crippen LogP contribution is -1.94. The van der Waals surface area contributed by atoms with Gasteiger partial charge in [-0.2, -0.15) is 5.11 Å². The fourth-order valence-corrected chi connectivity index (χ4v) is 0.497. The van der Waals surface area contributed by atoms with Crippen LogP contribution in [0.4, 0.5) is 0 Å². The maximum absolute atomic E-state index is 10.2. The van der Waals surface area contributed by atoms with Crippen LogP contribution in [0.15, 0.2) is 10.2 Å². The van der Waals surface area contributed by atoms with Gasteiger partial charge in [0.15, 0.2) is 0 Å². The third-order valence-electron chi connectivity index (χ3n) is 0.836. The summed E-state index contributed by atoms with van der Waals surface area (Å²) in [6.45, 7) is 1.87. The average Bonchev–Trinajstić information content (AvgIpc) is 1.87. The molecule has 1 rings (SSSR count). The van der Waals surface area contributed by atoms with Gasteiger partial charge in [-0.15, -0.1) is 5.11 Å². The maximum atomic E-state index is 10.2. The Morgan fingerprint density at radius 2 is 2.57 bits per heavy atom. The van der Waals surface area contributed by atoms with E-state index >= 15 is 0 Å². The third kappa shape index (κ3) is 0.824. The molecule has 1 amide bonds. The van der Waals surface area contributed by atoms with E-state index in [-0.39, 0.29) is 11.9 Å². The van der Waals surface area contributed by atoms with Gasteiger partial charge in [0.1, 0.15) is 0 Å². The summed E-state index contributed by atoms with van der Waals surface area (Å²) < 4.78 is 0. The van der Waals surface area contributed by atoms with Gasteiger partial charge in [-0.25, -0.2) is 0 Å². The van der Waals surface area contributed by atoms with Gasteiger partial charge in [0.05, 0.1) is 12.5 Å². The molecule has 3 nitrogen and oxygen atoms in total. The van der Waals surface area contributed by atoms with Crippen molar-refractivity contribution in [3.8, 4) is 0 Å². The minimum Gasteiger partial charge on any atom is -0.271 e. The minimum absolute atomic E-state index is 0.0903. The van der Waals surface area contributed by atoms with Gasteiger partial charge >= 0.3 is 0 Å². The van der Waals surface area contributed by atoms with Crippen molar-refractivity contribution in [2.45, 2.75) is 19.4 Å². The Kier molecular flexibility index (Phi) is 0.889. The normalized spacial score (nSPS) is 29.3. The molecule has 0 aromatic rings. The molecule has 0 aromatic heterocycles. The molecule has 3 heteroatoms. The Morgan fingerprint density at radius 1 is 1.86 bits per heavy atom. The van der Waals surface area contributed by atoms with E-state index < -0.39 is 0 Å². The van der Waals surface area contributed by atoms with Gasteiger partial charge in [-0.05, 0) is 6.92 Å². The smallest absolute Gasteiger partial charge is 0.266 e. The summed E-state index contributed by atoms with van der Waals surface area (Å²) in [7, 11) is 0. The van der Waals surface area contributed by atoms with E-state index in [2.05, 4.69) is 10.2 Å². The molecule has 38 valence electrons. The van der Waals surface area contributed by atoms with E-state index in [9.17, 15) is 4.79 Å². The summed E-state index contributed by atoms with van der Waals surface area (Å²) in [6, 6.07) is 0.132. The van der Waals surface area contributed by atoms with Crippen molar-refractivity contribution in [2.24, 2.45) is 10.2 Å². The molecule has 0 aliphatic carbocycles. The van der Waals surface area contributed by atoms with Crippen LogP contribution >= 0.6 is 0 Å². The molecule has 1 heterocycles. The van der Waals surface area contributed by atoms with Gasteiger partial charge < -0.3 is 0 Å². The first-order valence-electron chi connectivity index (χ1n) is 2.23. The number of azo groups is 1. The minimum atomic E-state index is -0.0903. The van der Waals surface area contributed by atoms with Crippen LogP contribution in [-0.2, 0) is 4.79 Å². The summed E-state index contributed by atoms with van der Waals surface area (Å²) in [5.41, 5.74) is 0. The number of nitrogens with zero attached hydrogens (tertiary/aromatic N) is 2. The van der Waals surface area contributed by atoms with Crippen LogP contribution in [0, 0.1) is 0 Å². The van der Waals surface area contributed by atoms with E-state index in [4.69, 9.17) is 0 Å². The van der Waals surface area contributed by atoms with E-state index in [0.717, 1.165) is 0 Å². The average molecular weight is 98.1 g/mol. The Morgan fingerprint density at radius 3 is 2.71 bits per heavy atom. The highest BCUT2D eigenvalue weighted by atomic mass is 16.2. The molecule has 1 unspecified atom stereocenters. The number of hydrogen-bond acceptors (Lipinski definition) is 2. The zero-order chi connectivity index (χ0) is 5.28. The highest BCUT2D eigenvalue weighted by Gasteiger charge is 2.12. The quantitative estimate of drug-likeness (QED) is 0.441. The van der Waals surface area contributed by atoms with E-state index in [1.165, 1.54) is 0 Å². The second-order valence-electron chi connectivity index (χ2n) is 1.66. The second kappa shape index (κ2) is 1.40. The molecule has 0 N–H and O–H groups in total. The predicted molar refractivity (Wildman–Crippen MR) is 23.9 cm³/mol. The SMILES string of the molecule is CC1CC(=O)N=N1. The van der Waals surface area contributed by atoms with Crippen molar-refractivity contribution in [1.82, 2.24) is 0 Å². The molecule has 0 spiro atoms. The Hall–Kier alpha value is -0.730. The van der Waals surface area contributed by atoms with Crippen LogP contribution in [0.5, 0.6) is 0 Å². The molecule has 7 heavy (non-hydrogen) atoms. The van der Waals surface area contributed by atoms with Crippen molar-refractivity contribution in [1.29, 1.82) is 0 Å². The molecule has 0 saturated heterocycles. The summed E-state index contributed by atoms with van der Waals surface area (Å²) in [6.07, 6.45) is 0.500. The molecule has 0 radical (unpaired) electrons. The first kappa shape index (κ1) is 4.43. The summed E-state index contributed by atoms with van der Waals surface area (Å²) in [5, 5.41) is 6.90. The topological polar surface area (TPSA) is 41.8 Å². The standard InChI is InChI=1S/C4H6N2O/c1-3-2-4(7)6-5-3/h3H,2H2,1H3. The van der Waals surface area contributed by atoms with E-state index in [0.29, 0.717) is 6.42 Å². The number of hydrogen-bond donors (Lipinski definition) is 0. The van der Waals surface area contributed by atoms with Crippen molar-refractivity contribution < 1.29 is 4.79 Å². The maximum Gasteiger partial charge on any atom is 0.266 e.